The van der Waals surface area contributed by atoms with E-state index >= 15 is 0 Å². The molecule has 1 aliphatic rings. The first-order valence-electron chi connectivity index (χ1n) is 10.4. The Morgan fingerprint density at radius 3 is 2.35 bits per heavy atom. The molecule has 0 aliphatic carbocycles. The summed E-state index contributed by atoms with van der Waals surface area (Å²) in [5, 5.41) is 0.431. The SMILES string of the molecule is COc1cc(C=C2SC(=O)N(Cc3c(Cl)cccc3Cl)C2=O)ccc1OCc1ccc(C)cc1. The van der Waals surface area contributed by atoms with Crippen LogP contribution in [0, 0.1) is 6.92 Å². The van der Waals surface area contributed by atoms with E-state index in [1.807, 2.05) is 37.3 Å². The van der Waals surface area contributed by atoms with Gasteiger partial charge in [-0.2, -0.15) is 0 Å². The Kier molecular flexibility index (Phi) is 7.51. The van der Waals surface area contributed by atoms with Crippen molar-refractivity contribution >= 4 is 52.2 Å². The van der Waals surface area contributed by atoms with Crippen LogP contribution in [0.5, 0.6) is 11.5 Å². The quantitative estimate of drug-likeness (QED) is 0.314. The number of aryl methyl sites for hydroxylation is 1. The maximum Gasteiger partial charge on any atom is 0.293 e. The van der Waals surface area contributed by atoms with E-state index in [-0.39, 0.29) is 11.8 Å². The average molecular weight is 514 g/mol. The van der Waals surface area contributed by atoms with Gasteiger partial charge in [0.2, 0.25) is 0 Å². The summed E-state index contributed by atoms with van der Waals surface area (Å²) in [6.45, 7) is 2.45. The fourth-order valence-corrected chi connectivity index (χ4v) is 4.72. The third kappa shape index (κ3) is 5.41. The third-order valence-electron chi connectivity index (χ3n) is 5.25. The Labute approximate surface area is 212 Å². The Morgan fingerprint density at radius 1 is 0.971 bits per heavy atom. The van der Waals surface area contributed by atoms with Gasteiger partial charge >= 0.3 is 0 Å². The Morgan fingerprint density at radius 2 is 1.68 bits per heavy atom. The van der Waals surface area contributed by atoms with Crippen molar-refractivity contribution in [2.24, 2.45) is 0 Å². The molecule has 5 nitrogen and oxygen atoms in total. The molecule has 0 spiro atoms. The molecular formula is C26H21Cl2NO4S. The summed E-state index contributed by atoms with van der Waals surface area (Å²) in [7, 11) is 1.55. The number of benzene rings is 3. The maximum absolute atomic E-state index is 12.9. The average Bonchev–Trinajstić information content (AvgIpc) is 3.08. The van der Waals surface area contributed by atoms with Crippen molar-refractivity contribution in [3.05, 3.63) is 97.9 Å². The molecule has 2 amide bonds. The maximum atomic E-state index is 12.9. The largest absolute Gasteiger partial charge is 0.493 e. The highest BCUT2D eigenvalue weighted by molar-refractivity contribution is 8.18. The molecule has 1 aliphatic heterocycles. The van der Waals surface area contributed by atoms with Crippen LogP contribution >= 0.6 is 35.0 Å². The van der Waals surface area contributed by atoms with E-state index in [1.54, 1.807) is 43.5 Å². The van der Waals surface area contributed by atoms with E-state index < -0.39 is 5.91 Å². The number of nitrogens with zero attached hydrogens (tertiary/aromatic N) is 1. The number of imide groups is 1. The zero-order valence-electron chi connectivity index (χ0n) is 18.5. The molecule has 0 saturated carbocycles. The monoisotopic (exact) mass is 513 g/mol. The molecule has 3 aromatic carbocycles. The highest BCUT2D eigenvalue weighted by Gasteiger charge is 2.35. The minimum atomic E-state index is -0.398. The number of hydrogen-bond donors (Lipinski definition) is 0. The highest BCUT2D eigenvalue weighted by Crippen LogP contribution is 2.37. The number of ether oxygens (including phenoxy) is 2. The Hall–Kier alpha value is -2.93. The highest BCUT2D eigenvalue weighted by atomic mass is 35.5. The number of methoxy groups -OCH3 is 1. The minimum absolute atomic E-state index is 0.00955. The lowest BCUT2D eigenvalue weighted by atomic mass is 10.1. The summed E-state index contributed by atoms with van der Waals surface area (Å²) in [4.78, 5) is 26.9. The molecule has 0 radical (unpaired) electrons. The van der Waals surface area contributed by atoms with E-state index in [9.17, 15) is 9.59 Å². The van der Waals surface area contributed by atoms with Gasteiger partial charge in [0.05, 0.1) is 18.6 Å². The molecular weight excluding hydrogens is 493 g/mol. The zero-order chi connectivity index (χ0) is 24.2. The van der Waals surface area contributed by atoms with Crippen LogP contribution in [-0.2, 0) is 17.9 Å². The normalized spacial score (nSPS) is 14.7. The van der Waals surface area contributed by atoms with Gasteiger partial charge in [0.15, 0.2) is 11.5 Å². The Balaban J connectivity index is 1.50. The summed E-state index contributed by atoms with van der Waals surface area (Å²) < 4.78 is 11.4. The third-order valence-corrected chi connectivity index (χ3v) is 6.87. The predicted molar refractivity (Wildman–Crippen MR) is 136 cm³/mol. The van der Waals surface area contributed by atoms with E-state index in [4.69, 9.17) is 32.7 Å². The van der Waals surface area contributed by atoms with Crippen molar-refractivity contribution in [1.82, 2.24) is 4.90 Å². The smallest absolute Gasteiger partial charge is 0.293 e. The first-order valence-corrected chi connectivity index (χ1v) is 12.0. The van der Waals surface area contributed by atoms with E-state index in [2.05, 4.69) is 0 Å². The van der Waals surface area contributed by atoms with Gasteiger partial charge in [-0.1, -0.05) is 65.2 Å². The number of carbonyl (C=O) groups is 2. The molecule has 1 fully saturated rings. The lowest BCUT2D eigenvalue weighted by Gasteiger charge is -2.14. The van der Waals surface area contributed by atoms with Crippen molar-refractivity contribution in [3.8, 4) is 11.5 Å². The fraction of sp³-hybridized carbons (Fsp3) is 0.154. The molecule has 34 heavy (non-hydrogen) atoms. The van der Waals surface area contributed by atoms with E-state index in [1.165, 1.54) is 5.56 Å². The van der Waals surface area contributed by atoms with Crippen LogP contribution in [-0.4, -0.2) is 23.2 Å². The molecule has 1 saturated heterocycles. The number of thioether (sulfide) groups is 1. The number of amides is 2. The predicted octanol–water partition coefficient (Wildman–Crippen LogP) is 7.13. The van der Waals surface area contributed by atoms with Crippen molar-refractivity contribution < 1.29 is 19.1 Å². The summed E-state index contributed by atoms with van der Waals surface area (Å²) in [5.74, 6) is 0.717. The lowest BCUT2D eigenvalue weighted by Crippen LogP contribution is -2.27. The minimum Gasteiger partial charge on any atom is -0.493 e. The molecule has 8 heteroatoms. The van der Waals surface area contributed by atoms with Gasteiger partial charge < -0.3 is 9.47 Å². The molecule has 3 aromatic rings. The van der Waals surface area contributed by atoms with Gasteiger partial charge in [-0.15, -0.1) is 0 Å². The standard InChI is InChI=1S/C26H21Cl2NO4S/c1-16-6-8-17(9-7-16)15-33-22-11-10-18(12-23(22)32-2)13-24-25(30)29(26(31)34-24)14-19-20(27)4-3-5-21(19)28/h3-13H,14-15H2,1-2H3. The van der Waals surface area contributed by atoms with Gasteiger partial charge in [0.25, 0.3) is 11.1 Å². The van der Waals surface area contributed by atoms with Crippen LogP contribution in [0.2, 0.25) is 10.0 Å². The fourth-order valence-electron chi connectivity index (χ4n) is 3.37. The molecule has 1 heterocycles. The second-order valence-corrected chi connectivity index (χ2v) is 9.46. The van der Waals surface area contributed by atoms with E-state index in [0.29, 0.717) is 44.2 Å². The summed E-state index contributed by atoms with van der Waals surface area (Å²) in [5.41, 5.74) is 3.47. The summed E-state index contributed by atoms with van der Waals surface area (Å²) in [6.07, 6.45) is 1.66. The van der Waals surface area contributed by atoms with E-state index in [0.717, 1.165) is 22.2 Å². The molecule has 174 valence electrons. The second-order valence-electron chi connectivity index (χ2n) is 7.65. The summed E-state index contributed by atoms with van der Waals surface area (Å²) in [6, 6.07) is 18.5. The van der Waals surface area contributed by atoms with Gasteiger partial charge in [-0.3, -0.25) is 14.5 Å². The lowest BCUT2D eigenvalue weighted by molar-refractivity contribution is -0.123. The van der Waals surface area contributed by atoms with Gasteiger partial charge in [0, 0.05) is 15.6 Å². The first kappa shape index (κ1) is 24.2. The molecule has 0 atom stereocenters. The molecule has 0 bridgehead atoms. The molecule has 0 unspecified atom stereocenters. The molecule has 0 aromatic heterocycles. The van der Waals surface area contributed by atoms with Crippen LogP contribution < -0.4 is 9.47 Å². The number of rotatable bonds is 7. The van der Waals surface area contributed by atoms with Gasteiger partial charge in [-0.25, -0.2) is 0 Å². The number of hydrogen-bond acceptors (Lipinski definition) is 5. The summed E-state index contributed by atoms with van der Waals surface area (Å²) >= 11 is 13.3. The Bertz CT molecular complexity index is 1250. The van der Waals surface area contributed by atoms with Crippen molar-refractivity contribution in [2.75, 3.05) is 7.11 Å². The van der Waals surface area contributed by atoms with Crippen LogP contribution in [0.1, 0.15) is 22.3 Å². The molecule has 0 N–H and O–H groups in total. The van der Waals surface area contributed by atoms with Gasteiger partial charge in [-0.05, 0) is 60.2 Å². The molecule has 4 rings (SSSR count). The first-order chi connectivity index (χ1) is 16.4. The van der Waals surface area contributed by atoms with Crippen LogP contribution in [0.25, 0.3) is 6.08 Å². The van der Waals surface area contributed by atoms with Crippen molar-refractivity contribution in [2.45, 2.75) is 20.1 Å². The van der Waals surface area contributed by atoms with Crippen LogP contribution in [0.4, 0.5) is 4.79 Å². The number of carbonyl (C=O) groups excluding carboxylic acids is 2. The second kappa shape index (κ2) is 10.6. The number of halogens is 2. The topological polar surface area (TPSA) is 55.8 Å². The zero-order valence-corrected chi connectivity index (χ0v) is 20.8. The van der Waals surface area contributed by atoms with Crippen LogP contribution in [0.15, 0.2) is 65.6 Å². The van der Waals surface area contributed by atoms with Gasteiger partial charge in [0.1, 0.15) is 6.61 Å². The van der Waals surface area contributed by atoms with Crippen LogP contribution in [0.3, 0.4) is 0 Å². The van der Waals surface area contributed by atoms with Crippen molar-refractivity contribution in [1.29, 1.82) is 0 Å². The van der Waals surface area contributed by atoms with Crippen molar-refractivity contribution in [3.63, 3.8) is 0 Å².